The third kappa shape index (κ3) is 5.31. The summed E-state index contributed by atoms with van der Waals surface area (Å²) in [5.41, 5.74) is 1.91. The number of oxime groups is 1. The molecular weight excluding hydrogens is 453 g/mol. The van der Waals surface area contributed by atoms with E-state index in [9.17, 15) is 32.7 Å². The molecule has 1 aliphatic carbocycles. The summed E-state index contributed by atoms with van der Waals surface area (Å²) in [5, 5.41) is 16.6. The molecule has 0 bridgehead atoms. The second-order valence-corrected chi connectivity index (χ2v) is 8.21. The van der Waals surface area contributed by atoms with Crippen LogP contribution >= 0.6 is 0 Å². The summed E-state index contributed by atoms with van der Waals surface area (Å²) in [6, 6.07) is 0. The van der Waals surface area contributed by atoms with Gasteiger partial charge in [0.2, 0.25) is 0 Å². The van der Waals surface area contributed by atoms with Crippen LogP contribution in [-0.4, -0.2) is 41.1 Å². The van der Waals surface area contributed by atoms with Crippen LogP contribution in [0.1, 0.15) is 78.6 Å². The van der Waals surface area contributed by atoms with Gasteiger partial charge in [-0.1, -0.05) is 12.1 Å². The Balaban J connectivity index is 2.67. The van der Waals surface area contributed by atoms with E-state index in [0.717, 1.165) is 0 Å². The molecule has 1 aliphatic rings. The summed E-state index contributed by atoms with van der Waals surface area (Å²) in [5.74, 6) is -3.75. The quantitative estimate of drug-likeness (QED) is 0.309. The normalized spacial score (nSPS) is 17.1. The van der Waals surface area contributed by atoms with E-state index in [2.05, 4.69) is 5.16 Å². The monoisotopic (exact) mass is 482 g/mol. The Labute approximate surface area is 196 Å². The minimum Gasteiger partial charge on any atom is -0.511 e. The van der Waals surface area contributed by atoms with Crippen molar-refractivity contribution in [2.45, 2.75) is 72.9 Å². The van der Waals surface area contributed by atoms with Gasteiger partial charge in [-0.25, -0.2) is 0 Å². The molecule has 1 aromatic carbocycles. The largest absolute Gasteiger partial charge is 0.511 e. The molecule has 0 spiro atoms. The van der Waals surface area contributed by atoms with Crippen molar-refractivity contribution < 1.29 is 37.5 Å². The van der Waals surface area contributed by atoms with Crippen molar-refractivity contribution in [3.05, 3.63) is 39.1 Å². The topological polar surface area (TPSA) is 105 Å². The molecule has 1 aromatic rings. The van der Waals surface area contributed by atoms with Crippen molar-refractivity contribution in [1.29, 1.82) is 0 Å². The third-order valence-electron chi connectivity index (χ3n) is 5.93. The molecule has 0 aromatic heterocycles. The molecule has 1 atom stereocenters. The van der Waals surface area contributed by atoms with Crippen molar-refractivity contribution in [2.75, 3.05) is 11.9 Å². The van der Waals surface area contributed by atoms with Crippen LogP contribution in [0.2, 0.25) is 0 Å². The van der Waals surface area contributed by atoms with Crippen LogP contribution in [0.4, 0.5) is 18.9 Å². The Kier molecular flexibility index (Phi) is 8.28. The van der Waals surface area contributed by atoms with Crippen molar-refractivity contribution in [3.8, 4) is 0 Å². The lowest BCUT2D eigenvalue weighted by molar-refractivity contribution is -0.167. The van der Waals surface area contributed by atoms with Gasteiger partial charge < -0.3 is 15.3 Å². The van der Waals surface area contributed by atoms with Gasteiger partial charge in [-0.15, -0.1) is 0 Å². The average Bonchev–Trinajstić information content (AvgIpc) is 2.71. The Morgan fingerprint density at radius 2 is 1.74 bits per heavy atom. The van der Waals surface area contributed by atoms with Crippen LogP contribution in [0.3, 0.4) is 0 Å². The Hall–Kier alpha value is -3.17. The third-order valence-corrected chi connectivity index (χ3v) is 5.93. The number of benzene rings is 1. The number of rotatable bonds is 7. The second-order valence-electron chi connectivity index (χ2n) is 8.21. The van der Waals surface area contributed by atoms with Crippen LogP contribution in [0.5, 0.6) is 0 Å². The molecule has 0 saturated carbocycles. The highest BCUT2D eigenvalue weighted by Crippen LogP contribution is 2.42. The van der Waals surface area contributed by atoms with E-state index in [-0.39, 0.29) is 47.6 Å². The molecule has 1 amide bonds. The fraction of sp³-hybridized carbons (Fsp3) is 0.500. The summed E-state index contributed by atoms with van der Waals surface area (Å²) in [4.78, 5) is 42.1. The summed E-state index contributed by atoms with van der Waals surface area (Å²) in [7, 11) is 0. The van der Waals surface area contributed by atoms with E-state index in [1.807, 2.05) is 5.32 Å². The highest BCUT2D eigenvalue weighted by molar-refractivity contribution is 6.23. The van der Waals surface area contributed by atoms with Gasteiger partial charge in [0.1, 0.15) is 12.4 Å². The van der Waals surface area contributed by atoms with Gasteiger partial charge in [0.15, 0.2) is 11.6 Å². The fourth-order valence-corrected chi connectivity index (χ4v) is 4.61. The fourth-order valence-electron chi connectivity index (χ4n) is 4.61. The summed E-state index contributed by atoms with van der Waals surface area (Å²) >= 11 is 0. The van der Waals surface area contributed by atoms with E-state index in [1.54, 1.807) is 20.8 Å². The maximum absolute atomic E-state index is 13.0. The van der Waals surface area contributed by atoms with Gasteiger partial charge in [0.05, 0.1) is 11.3 Å². The predicted octanol–water partition coefficient (Wildman–Crippen LogP) is 5.38. The number of carbonyl (C=O) groups is 3. The number of allylic oxidation sites excluding steroid dienone is 2. The number of amides is 1. The first-order valence-corrected chi connectivity index (χ1v) is 10.9. The number of alkyl halides is 3. The molecule has 0 radical (unpaired) electrons. The molecule has 0 heterocycles. The molecule has 34 heavy (non-hydrogen) atoms. The molecule has 0 saturated heterocycles. The SMILES string of the molecule is CCON=C(CC)C1=C(O)CC(c2c(C)c(NC(=O)C(F)(F)F)c(C)c(C(C)=O)c2C)CC1=O. The van der Waals surface area contributed by atoms with Crippen molar-refractivity contribution >= 4 is 28.9 Å². The number of hydrogen-bond donors (Lipinski definition) is 2. The predicted molar refractivity (Wildman–Crippen MR) is 121 cm³/mol. The maximum Gasteiger partial charge on any atom is 0.471 e. The van der Waals surface area contributed by atoms with Crippen LogP contribution in [0.25, 0.3) is 0 Å². The van der Waals surface area contributed by atoms with Crippen molar-refractivity contribution in [1.82, 2.24) is 0 Å². The summed E-state index contributed by atoms with van der Waals surface area (Å²) < 4.78 is 38.9. The molecule has 2 rings (SSSR count). The molecule has 0 fully saturated rings. The molecule has 7 nitrogen and oxygen atoms in total. The lowest BCUT2D eigenvalue weighted by Crippen LogP contribution is -2.31. The number of carbonyl (C=O) groups excluding carboxylic acids is 3. The number of anilines is 1. The number of ketones is 2. The molecular formula is C24H29F3N2O5. The number of aliphatic hydroxyl groups excluding tert-OH is 1. The lowest BCUT2D eigenvalue weighted by Gasteiger charge is -2.29. The van der Waals surface area contributed by atoms with Crippen LogP contribution in [0, 0.1) is 20.8 Å². The highest BCUT2D eigenvalue weighted by atomic mass is 19.4. The summed E-state index contributed by atoms with van der Waals surface area (Å²) in [6.45, 7) is 9.70. The minimum absolute atomic E-state index is 0.0148. The maximum atomic E-state index is 13.0. The van der Waals surface area contributed by atoms with Crippen LogP contribution in [-0.2, 0) is 14.4 Å². The Morgan fingerprint density at radius 1 is 1.12 bits per heavy atom. The number of nitrogens with zero attached hydrogens (tertiary/aromatic N) is 1. The van der Waals surface area contributed by atoms with E-state index >= 15 is 0 Å². The van der Waals surface area contributed by atoms with Gasteiger partial charge in [0.25, 0.3) is 0 Å². The highest BCUT2D eigenvalue weighted by Gasteiger charge is 2.40. The zero-order valence-corrected chi connectivity index (χ0v) is 20.1. The average molecular weight is 482 g/mol. The first kappa shape index (κ1) is 27.1. The lowest BCUT2D eigenvalue weighted by atomic mass is 9.76. The molecule has 1 unspecified atom stereocenters. The van der Waals surface area contributed by atoms with E-state index in [4.69, 9.17) is 4.84 Å². The first-order chi connectivity index (χ1) is 15.8. The molecule has 2 N–H and O–H groups in total. The van der Waals surface area contributed by atoms with Gasteiger partial charge in [0, 0.05) is 24.1 Å². The van der Waals surface area contributed by atoms with Crippen molar-refractivity contribution in [2.24, 2.45) is 5.16 Å². The minimum atomic E-state index is -5.12. The smallest absolute Gasteiger partial charge is 0.471 e. The number of Topliss-reactive ketones (excluding diaryl/α,β-unsaturated/α-hetero) is 2. The number of halogens is 3. The second kappa shape index (κ2) is 10.4. The van der Waals surface area contributed by atoms with Crippen LogP contribution in [0.15, 0.2) is 16.5 Å². The van der Waals surface area contributed by atoms with Crippen molar-refractivity contribution in [3.63, 3.8) is 0 Å². The number of hydrogen-bond acceptors (Lipinski definition) is 6. The van der Waals surface area contributed by atoms with E-state index in [0.29, 0.717) is 28.8 Å². The van der Waals surface area contributed by atoms with Gasteiger partial charge in [-0.05, 0) is 69.2 Å². The number of nitrogens with one attached hydrogen (secondary N) is 1. The zero-order chi connectivity index (χ0) is 26.0. The number of aliphatic hydroxyl groups is 1. The Bertz CT molecular complexity index is 1090. The Morgan fingerprint density at radius 3 is 2.21 bits per heavy atom. The van der Waals surface area contributed by atoms with Gasteiger partial charge in [-0.2, -0.15) is 13.2 Å². The standard InChI is InChI=1S/C24H29F3N2O5/c1-7-16(29-34-8-2)21-17(31)9-15(10-18(21)32)20-11(3)19(14(6)30)12(4)22(13(20)5)28-23(33)24(25,26)27/h15,31H,7-10H2,1-6H3,(H,28,33). The van der Waals surface area contributed by atoms with Gasteiger partial charge >= 0.3 is 12.1 Å². The first-order valence-electron chi connectivity index (χ1n) is 10.9. The molecule has 186 valence electrons. The van der Waals surface area contributed by atoms with E-state index < -0.39 is 29.6 Å². The van der Waals surface area contributed by atoms with E-state index in [1.165, 1.54) is 20.8 Å². The van der Waals surface area contributed by atoms with Gasteiger partial charge in [-0.3, -0.25) is 14.4 Å². The molecule has 0 aliphatic heterocycles. The van der Waals surface area contributed by atoms with Crippen LogP contribution < -0.4 is 5.32 Å². The molecule has 10 heteroatoms. The zero-order valence-electron chi connectivity index (χ0n) is 20.1. The summed E-state index contributed by atoms with van der Waals surface area (Å²) in [6.07, 6.45) is -4.81.